The van der Waals surface area contributed by atoms with Gasteiger partial charge in [-0.2, -0.15) is 0 Å². The summed E-state index contributed by atoms with van der Waals surface area (Å²) < 4.78 is 13.3. The van der Waals surface area contributed by atoms with E-state index >= 15 is 0 Å². The van der Waals surface area contributed by atoms with Gasteiger partial charge in [-0.05, 0) is 30.3 Å². The van der Waals surface area contributed by atoms with Crippen molar-refractivity contribution in [3.05, 3.63) is 66.2 Å². The van der Waals surface area contributed by atoms with Gasteiger partial charge in [-0.1, -0.05) is 12.1 Å². The average molecular weight is 281 g/mol. The van der Waals surface area contributed by atoms with Gasteiger partial charge in [0, 0.05) is 40.1 Å². The smallest absolute Gasteiger partial charge is 0.255 e. The summed E-state index contributed by atoms with van der Waals surface area (Å²) in [6.45, 7) is 0. The molecule has 1 aromatic heterocycles. The van der Waals surface area contributed by atoms with Crippen molar-refractivity contribution in [1.82, 2.24) is 4.98 Å². The molecule has 0 aliphatic rings. The number of fused-ring (bicyclic) bond motifs is 1. The minimum Gasteiger partial charge on any atom is -0.399 e. The summed E-state index contributed by atoms with van der Waals surface area (Å²) in [7, 11) is 0. The van der Waals surface area contributed by atoms with E-state index in [0.29, 0.717) is 5.69 Å². The van der Waals surface area contributed by atoms with E-state index in [1.165, 1.54) is 12.1 Å². The Morgan fingerprint density at radius 1 is 1.19 bits per heavy atom. The molecule has 0 fully saturated rings. The van der Waals surface area contributed by atoms with Crippen LogP contribution in [0.3, 0.4) is 0 Å². The number of nitrogens with one attached hydrogen (secondary N) is 1. The molecule has 104 valence electrons. The third kappa shape index (κ3) is 2.67. The first-order valence-corrected chi connectivity index (χ1v) is 6.33. The fraction of sp³-hybridized carbons (Fsp3) is 0. The van der Waals surface area contributed by atoms with Crippen LogP contribution in [0.5, 0.6) is 0 Å². The Kier molecular flexibility index (Phi) is 3.23. The molecule has 0 aliphatic carbocycles. The third-order valence-electron chi connectivity index (χ3n) is 3.11. The van der Waals surface area contributed by atoms with Gasteiger partial charge in [0.2, 0.25) is 0 Å². The predicted molar refractivity (Wildman–Crippen MR) is 80.5 cm³/mol. The zero-order chi connectivity index (χ0) is 14.8. The van der Waals surface area contributed by atoms with Gasteiger partial charge >= 0.3 is 0 Å². The Morgan fingerprint density at radius 3 is 2.86 bits per heavy atom. The predicted octanol–water partition coefficient (Wildman–Crippen LogP) is 3.21. The van der Waals surface area contributed by atoms with Crippen molar-refractivity contribution in [3.8, 4) is 0 Å². The Balaban J connectivity index is 1.96. The van der Waals surface area contributed by atoms with Gasteiger partial charge in [-0.3, -0.25) is 9.78 Å². The van der Waals surface area contributed by atoms with Crippen molar-refractivity contribution in [1.29, 1.82) is 0 Å². The number of halogens is 1. The number of nitrogens with two attached hydrogens (primary N) is 1. The lowest BCUT2D eigenvalue weighted by Crippen LogP contribution is -2.13. The molecule has 0 atom stereocenters. The summed E-state index contributed by atoms with van der Waals surface area (Å²) in [5, 5.41) is 4.54. The summed E-state index contributed by atoms with van der Waals surface area (Å²) >= 11 is 0. The minimum atomic E-state index is -0.540. The molecule has 21 heavy (non-hydrogen) atoms. The first kappa shape index (κ1) is 13.1. The SMILES string of the molecule is Nc1cc(F)cc(C(=O)Nc2cccc3cnccc23)c1. The summed E-state index contributed by atoms with van der Waals surface area (Å²) in [5.74, 6) is -0.951. The second-order valence-electron chi connectivity index (χ2n) is 4.63. The van der Waals surface area contributed by atoms with Gasteiger partial charge < -0.3 is 11.1 Å². The first-order valence-electron chi connectivity index (χ1n) is 6.33. The Labute approximate surface area is 120 Å². The number of carbonyl (C=O) groups is 1. The molecule has 0 spiro atoms. The minimum absolute atomic E-state index is 0.179. The molecule has 0 radical (unpaired) electrons. The molecular formula is C16H12FN3O. The third-order valence-corrected chi connectivity index (χ3v) is 3.11. The van der Waals surface area contributed by atoms with Crippen LogP contribution in [-0.4, -0.2) is 10.9 Å². The normalized spacial score (nSPS) is 10.5. The fourth-order valence-corrected chi connectivity index (χ4v) is 2.17. The van der Waals surface area contributed by atoms with Gasteiger partial charge in [-0.25, -0.2) is 4.39 Å². The highest BCUT2D eigenvalue weighted by molar-refractivity contribution is 6.09. The quantitative estimate of drug-likeness (QED) is 0.709. The Morgan fingerprint density at radius 2 is 2.05 bits per heavy atom. The van der Waals surface area contributed by atoms with Crippen LogP contribution in [-0.2, 0) is 0 Å². The zero-order valence-electron chi connectivity index (χ0n) is 11.0. The van der Waals surface area contributed by atoms with Gasteiger partial charge in [-0.15, -0.1) is 0 Å². The molecule has 4 nitrogen and oxygen atoms in total. The van der Waals surface area contributed by atoms with Crippen LogP contribution in [0.4, 0.5) is 15.8 Å². The molecule has 0 unspecified atom stereocenters. The van der Waals surface area contributed by atoms with E-state index in [4.69, 9.17) is 5.73 Å². The molecule has 3 N–H and O–H groups in total. The molecule has 3 aromatic rings. The number of hydrogen-bond donors (Lipinski definition) is 2. The van der Waals surface area contributed by atoms with E-state index in [-0.39, 0.29) is 11.3 Å². The van der Waals surface area contributed by atoms with Crippen LogP contribution in [0.2, 0.25) is 0 Å². The molecule has 1 amide bonds. The van der Waals surface area contributed by atoms with Crippen molar-refractivity contribution in [3.63, 3.8) is 0 Å². The van der Waals surface area contributed by atoms with E-state index in [1.54, 1.807) is 18.5 Å². The molecule has 0 bridgehead atoms. The van der Waals surface area contributed by atoms with E-state index < -0.39 is 11.7 Å². The molecule has 0 saturated carbocycles. The number of pyridine rings is 1. The second-order valence-corrected chi connectivity index (χ2v) is 4.63. The highest BCUT2D eigenvalue weighted by atomic mass is 19.1. The number of carbonyl (C=O) groups excluding carboxylic acids is 1. The standard InChI is InChI=1S/C16H12FN3O/c17-12-6-11(7-13(18)8-12)16(21)20-15-3-1-2-10-9-19-5-4-14(10)15/h1-9H,18H2,(H,20,21). The lowest BCUT2D eigenvalue weighted by molar-refractivity contribution is 0.102. The highest BCUT2D eigenvalue weighted by Crippen LogP contribution is 2.23. The number of anilines is 2. The van der Waals surface area contributed by atoms with Crippen molar-refractivity contribution in [2.45, 2.75) is 0 Å². The van der Waals surface area contributed by atoms with Gasteiger partial charge in [0.25, 0.3) is 5.91 Å². The van der Waals surface area contributed by atoms with Crippen molar-refractivity contribution in [2.75, 3.05) is 11.1 Å². The lowest BCUT2D eigenvalue weighted by Gasteiger charge is -2.09. The second kappa shape index (κ2) is 5.20. The van der Waals surface area contributed by atoms with E-state index in [2.05, 4.69) is 10.3 Å². The first-order chi connectivity index (χ1) is 10.1. The number of benzene rings is 2. The summed E-state index contributed by atoms with van der Waals surface area (Å²) in [4.78, 5) is 16.2. The summed E-state index contributed by atoms with van der Waals surface area (Å²) in [5.41, 5.74) is 6.58. The summed E-state index contributed by atoms with van der Waals surface area (Å²) in [6, 6.07) is 11.1. The molecule has 5 heteroatoms. The van der Waals surface area contributed by atoms with Crippen LogP contribution in [0.1, 0.15) is 10.4 Å². The van der Waals surface area contributed by atoms with Crippen molar-refractivity contribution in [2.24, 2.45) is 0 Å². The topological polar surface area (TPSA) is 68.0 Å². The van der Waals surface area contributed by atoms with Gasteiger partial charge in [0.05, 0.1) is 0 Å². The van der Waals surface area contributed by atoms with Crippen LogP contribution >= 0.6 is 0 Å². The van der Waals surface area contributed by atoms with Crippen molar-refractivity contribution >= 4 is 28.1 Å². The maximum atomic E-state index is 13.3. The molecule has 1 heterocycles. The van der Waals surface area contributed by atoms with Crippen LogP contribution in [0, 0.1) is 5.82 Å². The lowest BCUT2D eigenvalue weighted by atomic mass is 10.1. The van der Waals surface area contributed by atoms with E-state index in [9.17, 15) is 9.18 Å². The monoisotopic (exact) mass is 281 g/mol. The number of nitrogen functional groups attached to an aromatic ring is 1. The zero-order valence-corrected chi connectivity index (χ0v) is 11.0. The van der Waals surface area contributed by atoms with E-state index in [0.717, 1.165) is 16.8 Å². The maximum absolute atomic E-state index is 13.3. The molecular weight excluding hydrogens is 269 g/mol. The van der Waals surface area contributed by atoms with Crippen LogP contribution in [0.25, 0.3) is 10.8 Å². The average Bonchev–Trinajstić information content (AvgIpc) is 2.46. The number of rotatable bonds is 2. The molecule has 0 aliphatic heterocycles. The van der Waals surface area contributed by atoms with Crippen LogP contribution < -0.4 is 11.1 Å². The largest absolute Gasteiger partial charge is 0.399 e. The molecule has 0 saturated heterocycles. The van der Waals surface area contributed by atoms with Gasteiger partial charge in [0.1, 0.15) is 5.82 Å². The van der Waals surface area contributed by atoms with E-state index in [1.807, 2.05) is 18.2 Å². The summed E-state index contributed by atoms with van der Waals surface area (Å²) in [6.07, 6.45) is 3.36. The maximum Gasteiger partial charge on any atom is 0.255 e. The van der Waals surface area contributed by atoms with Crippen molar-refractivity contribution < 1.29 is 9.18 Å². The Bertz CT molecular complexity index is 807. The van der Waals surface area contributed by atoms with Gasteiger partial charge in [0.15, 0.2) is 0 Å². The van der Waals surface area contributed by atoms with Crippen LogP contribution in [0.15, 0.2) is 54.9 Å². The number of amides is 1. The number of nitrogens with zero attached hydrogens (tertiary/aromatic N) is 1. The molecule has 2 aromatic carbocycles. The number of aromatic nitrogens is 1. The Hall–Kier alpha value is -2.95. The molecule has 3 rings (SSSR count). The highest BCUT2D eigenvalue weighted by Gasteiger charge is 2.10. The number of hydrogen-bond acceptors (Lipinski definition) is 3. The fourth-order valence-electron chi connectivity index (χ4n) is 2.17.